The molecular formula is C19H21N3O4S. The Bertz CT molecular complexity index is 1040. The Labute approximate surface area is 158 Å². The molecule has 0 atom stereocenters. The van der Waals surface area contributed by atoms with Gasteiger partial charge in [0.1, 0.15) is 0 Å². The number of aromatic nitrogens is 1. The van der Waals surface area contributed by atoms with Crippen LogP contribution in [0, 0.1) is 0 Å². The number of para-hydroxylation sites is 1. The first-order valence-electron chi connectivity index (χ1n) is 8.40. The second-order valence-corrected chi connectivity index (χ2v) is 7.97. The zero-order valence-electron chi connectivity index (χ0n) is 15.1. The Morgan fingerprint density at radius 1 is 1.15 bits per heavy atom. The molecule has 0 aliphatic rings. The van der Waals surface area contributed by atoms with Crippen LogP contribution in [0.15, 0.2) is 59.6 Å². The zero-order chi connectivity index (χ0) is 19.4. The number of benzene rings is 2. The van der Waals surface area contributed by atoms with Crippen molar-refractivity contribution in [1.29, 1.82) is 0 Å². The largest absolute Gasteiger partial charge is 0.361 e. The van der Waals surface area contributed by atoms with Gasteiger partial charge in [0.05, 0.1) is 12.0 Å². The summed E-state index contributed by atoms with van der Waals surface area (Å²) in [7, 11) is -1.11. The first-order chi connectivity index (χ1) is 12.9. The molecule has 142 valence electrons. The number of hydrogen-bond acceptors (Lipinski definition) is 4. The van der Waals surface area contributed by atoms with Crippen LogP contribution in [0.1, 0.15) is 12.0 Å². The number of fused-ring (bicyclic) bond motifs is 1. The minimum Gasteiger partial charge on any atom is -0.361 e. The lowest BCUT2D eigenvalue weighted by atomic mass is 10.1. The SMILES string of the molecule is CON(C)S(=O)(=O)c1ccc(NC(=O)CCc2c[nH]c3ccccc23)cc1. The lowest BCUT2D eigenvalue weighted by molar-refractivity contribution is -0.116. The van der Waals surface area contributed by atoms with Crippen LogP contribution in [0.2, 0.25) is 0 Å². The van der Waals surface area contributed by atoms with Crippen molar-refractivity contribution in [3.8, 4) is 0 Å². The Balaban J connectivity index is 1.61. The standard InChI is InChI=1S/C19H21N3O4S/c1-22(26-2)27(24,25)16-10-8-15(9-11-16)21-19(23)12-7-14-13-20-18-6-4-3-5-17(14)18/h3-6,8-11,13,20H,7,12H2,1-2H3,(H,21,23). The van der Waals surface area contributed by atoms with E-state index in [2.05, 4.69) is 10.3 Å². The monoisotopic (exact) mass is 387 g/mol. The van der Waals surface area contributed by atoms with Gasteiger partial charge >= 0.3 is 0 Å². The third kappa shape index (κ3) is 4.19. The molecule has 8 heteroatoms. The van der Waals surface area contributed by atoms with E-state index in [1.54, 1.807) is 12.1 Å². The third-order valence-corrected chi connectivity index (χ3v) is 6.02. The summed E-state index contributed by atoms with van der Waals surface area (Å²) < 4.78 is 25.1. The first kappa shape index (κ1) is 19.1. The van der Waals surface area contributed by atoms with E-state index >= 15 is 0 Å². The summed E-state index contributed by atoms with van der Waals surface area (Å²) in [5, 5.41) is 3.90. The lowest BCUT2D eigenvalue weighted by Crippen LogP contribution is -2.25. The van der Waals surface area contributed by atoms with Crippen molar-refractivity contribution in [2.45, 2.75) is 17.7 Å². The number of H-pyrrole nitrogens is 1. The molecule has 0 spiro atoms. The number of nitrogens with one attached hydrogen (secondary N) is 2. The van der Waals surface area contributed by atoms with Gasteiger partial charge in [0.25, 0.3) is 10.0 Å². The minimum atomic E-state index is -3.70. The molecule has 1 amide bonds. The predicted molar refractivity (Wildman–Crippen MR) is 104 cm³/mol. The average molecular weight is 387 g/mol. The third-order valence-electron chi connectivity index (χ3n) is 4.33. The van der Waals surface area contributed by atoms with Gasteiger partial charge in [0, 0.05) is 36.3 Å². The Kier molecular flexibility index (Phi) is 5.59. The van der Waals surface area contributed by atoms with E-state index in [9.17, 15) is 13.2 Å². The van der Waals surface area contributed by atoms with E-state index in [1.807, 2.05) is 30.5 Å². The molecule has 0 unspecified atom stereocenters. The van der Waals surface area contributed by atoms with Gasteiger partial charge in [-0.3, -0.25) is 9.63 Å². The van der Waals surface area contributed by atoms with Gasteiger partial charge in [-0.15, -0.1) is 0 Å². The van der Waals surface area contributed by atoms with Crippen molar-refractivity contribution >= 4 is 32.5 Å². The molecule has 0 aliphatic carbocycles. The Morgan fingerprint density at radius 3 is 2.56 bits per heavy atom. The second kappa shape index (κ2) is 7.91. The molecule has 2 aromatic carbocycles. The Morgan fingerprint density at radius 2 is 1.85 bits per heavy atom. The van der Waals surface area contributed by atoms with Crippen LogP contribution in [0.4, 0.5) is 5.69 Å². The fourth-order valence-corrected chi connectivity index (χ4v) is 3.74. The number of rotatable bonds is 7. The van der Waals surface area contributed by atoms with Crippen molar-refractivity contribution in [2.24, 2.45) is 0 Å². The number of nitrogens with zero attached hydrogens (tertiary/aromatic N) is 1. The number of anilines is 1. The summed E-state index contributed by atoms with van der Waals surface area (Å²) in [5.41, 5.74) is 2.67. The number of carbonyl (C=O) groups excluding carboxylic acids is 1. The minimum absolute atomic E-state index is 0.0867. The van der Waals surface area contributed by atoms with E-state index in [0.29, 0.717) is 18.5 Å². The van der Waals surface area contributed by atoms with Crippen LogP contribution in [0.5, 0.6) is 0 Å². The van der Waals surface area contributed by atoms with Gasteiger partial charge in [-0.1, -0.05) is 22.7 Å². The van der Waals surface area contributed by atoms with Gasteiger partial charge in [-0.2, -0.15) is 0 Å². The molecule has 3 aromatic rings. The van der Waals surface area contributed by atoms with Crippen LogP contribution >= 0.6 is 0 Å². The van der Waals surface area contributed by atoms with Crippen molar-refractivity contribution in [3.05, 3.63) is 60.3 Å². The molecule has 0 saturated heterocycles. The molecular weight excluding hydrogens is 366 g/mol. The molecule has 0 aliphatic heterocycles. The maximum Gasteiger partial charge on any atom is 0.264 e. The number of hydroxylamine groups is 1. The van der Waals surface area contributed by atoms with Gasteiger partial charge in [-0.05, 0) is 42.3 Å². The molecule has 1 aromatic heterocycles. The van der Waals surface area contributed by atoms with Crippen molar-refractivity contribution in [1.82, 2.24) is 9.45 Å². The van der Waals surface area contributed by atoms with E-state index < -0.39 is 10.0 Å². The van der Waals surface area contributed by atoms with Gasteiger partial charge in [-0.25, -0.2) is 8.42 Å². The average Bonchev–Trinajstić information content (AvgIpc) is 3.09. The van der Waals surface area contributed by atoms with Crippen molar-refractivity contribution < 1.29 is 18.0 Å². The van der Waals surface area contributed by atoms with E-state index in [1.165, 1.54) is 26.3 Å². The molecule has 2 N–H and O–H groups in total. The Hall–Kier alpha value is -2.68. The summed E-state index contributed by atoms with van der Waals surface area (Å²) in [5.74, 6) is -0.134. The van der Waals surface area contributed by atoms with Crippen LogP contribution in [-0.4, -0.2) is 37.9 Å². The smallest absolute Gasteiger partial charge is 0.264 e. The second-order valence-electron chi connectivity index (χ2n) is 6.03. The molecule has 0 radical (unpaired) electrons. The molecule has 0 saturated carbocycles. The van der Waals surface area contributed by atoms with E-state index in [4.69, 9.17) is 4.84 Å². The number of hydrogen-bond donors (Lipinski definition) is 2. The summed E-state index contributed by atoms with van der Waals surface area (Å²) in [4.78, 5) is 20.2. The topological polar surface area (TPSA) is 91.5 Å². The molecule has 3 rings (SSSR count). The summed E-state index contributed by atoms with van der Waals surface area (Å²) in [6.07, 6.45) is 2.86. The highest BCUT2D eigenvalue weighted by Gasteiger charge is 2.20. The normalized spacial score (nSPS) is 11.8. The van der Waals surface area contributed by atoms with Crippen LogP contribution in [0.3, 0.4) is 0 Å². The number of aromatic amines is 1. The fraction of sp³-hybridized carbons (Fsp3) is 0.211. The maximum atomic E-state index is 12.2. The lowest BCUT2D eigenvalue weighted by Gasteiger charge is -2.14. The predicted octanol–water partition coefficient (Wildman–Crippen LogP) is 2.92. The number of carbonyl (C=O) groups is 1. The number of amides is 1. The highest BCUT2D eigenvalue weighted by Crippen LogP contribution is 2.20. The molecule has 1 heterocycles. The molecule has 0 fully saturated rings. The van der Waals surface area contributed by atoms with Crippen LogP contribution < -0.4 is 5.32 Å². The van der Waals surface area contributed by atoms with E-state index in [0.717, 1.165) is 20.9 Å². The maximum absolute atomic E-state index is 12.2. The molecule has 7 nitrogen and oxygen atoms in total. The quantitative estimate of drug-likeness (QED) is 0.610. The van der Waals surface area contributed by atoms with Crippen LogP contribution in [-0.2, 0) is 26.1 Å². The number of sulfonamides is 1. The first-order valence-corrected chi connectivity index (χ1v) is 9.84. The van der Waals surface area contributed by atoms with Gasteiger partial charge in [0.2, 0.25) is 5.91 Å². The van der Waals surface area contributed by atoms with Gasteiger partial charge < -0.3 is 10.3 Å². The number of aryl methyl sites for hydroxylation is 1. The fourth-order valence-electron chi connectivity index (χ4n) is 2.77. The van der Waals surface area contributed by atoms with Crippen LogP contribution in [0.25, 0.3) is 10.9 Å². The molecule has 27 heavy (non-hydrogen) atoms. The van der Waals surface area contributed by atoms with Crippen molar-refractivity contribution in [3.63, 3.8) is 0 Å². The zero-order valence-corrected chi connectivity index (χ0v) is 15.9. The highest BCUT2D eigenvalue weighted by molar-refractivity contribution is 7.89. The summed E-state index contributed by atoms with van der Waals surface area (Å²) in [6.45, 7) is 0. The summed E-state index contributed by atoms with van der Waals surface area (Å²) >= 11 is 0. The van der Waals surface area contributed by atoms with Crippen molar-refractivity contribution in [2.75, 3.05) is 19.5 Å². The summed E-state index contributed by atoms with van der Waals surface area (Å²) in [6, 6.07) is 13.9. The van der Waals surface area contributed by atoms with E-state index in [-0.39, 0.29) is 10.8 Å². The molecule has 0 bridgehead atoms. The van der Waals surface area contributed by atoms with Gasteiger partial charge in [0.15, 0.2) is 0 Å². The highest BCUT2D eigenvalue weighted by atomic mass is 32.2.